The van der Waals surface area contributed by atoms with Crippen molar-refractivity contribution in [2.24, 2.45) is 13.0 Å². The number of carboxylic acid groups (broad SMARTS) is 1. The van der Waals surface area contributed by atoms with Crippen molar-refractivity contribution in [3.63, 3.8) is 0 Å². The van der Waals surface area contributed by atoms with Gasteiger partial charge in [0.2, 0.25) is 0 Å². The second-order valence-electron chi connectivity index (χ2n) is 3.74. The minimum Gasteiger partial charge on any atom is -0.478 e. The highest BCUT2D eigenvalue weighted by molar-refractivity contribution is 7.98. The van der Waals surface area contributed by atoms with Gasteiger partial charge in [-0.1, -0.05) is 6.92 Å². The molecule has 0 spiro atoms. The number of aryl methyl sites for hydroxylation is 1. The number of hydrogen-bond donors (Lipinski definition) is 2. The summed E-state index contributed by atoms with van der Waals surface area (Å²) in [5.41, 5.74) is 0.967. The monoisotopic (exact) mass is 244 g/mol. The molecule has 0 saturated carbocycles. The van der Waals surface area contributed by atoms with E-state index < -0.39 is 5.97 Å². The van der Waals surface area contributed by atoms with Crippen LogP contribution in [0.15, 0.2) is 6.20 Å². The number of carbonyl (C=O) groups is 1. The van der Waals surface area contributed by atoms with Gasteiger partial charge in [-0.2, -0.15) is 16.9 Å². The fourth-order valence-electron chi connectivity index (χ4n) is 1.22. The van der Waals surface area contributed by atoms with Crippen molar-refractivity contribution in [3.05, 3.63) is 17.5 Å². The number of aliphatic hydroxyl groups is 1. The van der Waals surface area contributed by atoms with Crippen LogP contribution in [0.4, 0.5) is 0 Å². The number of hydrogen-bond acceptors (Lipinski definition) is 4. The van der Waals surface area contributed by atoms with E-state index in [9.17, 15) is 4.79 Å². The Morgan fingerprint density at radius 1 is 1.69 bits per heavy atom. The van der Waals surface area contributed by atoms with Gasteiger partial charge in [0.15, 0.2) is 0 Å². The molecule has 0 amide bonds. The van der Waals surface area contributed by atoms with E-state index in [-0.39, 0.29) is 18.1 Å². The summed E-state index contributed by atoms with van der Waals surface area (Å²) in [4.78, 5) is 10.9. The molecule has 1 rings (SSSR count). The number of rotatable bonds is 6. The summed E-state index contributed by atoms with van der Waals surface area (Å²) in [5, 5.41) is 21.7. The van der Waals surface area contributed by atoms with Crippen molar-refractivity contribution < 1.29 is 15.0 Å². The maximum Gasteiger partial charge on any atom is 0.339 e. The van der Waals surface area contributed by atoms with E-state index in [4.69, 9.17) is 10.2 Å². The Kier molecular flexibility index (Phi) is 4.82. The maximum atomic E-state index is 10.9. The molecule has 6 heteroatoms. The summed E-state index contributed by atoms with van der Waals surface area (Å²) in [6, 6.07) is 0. The van der Waals surface area contributed by atoms with E-state index in [1.54, 1.807) is 23.5 Å². The van der Waals surface area contributed by atoms with E-state index in [1.165, 1.54) is 6.20 Å². The summed E-state index contributed by atoms with van der Waals surface area (Å²) < 4.78 is 1.58. The van der Waals surface area contributed by atoms with Crippen LogP contribution in [0.1, 0.15) is 23.0 Å². The molecule has 0 aliphatic heterocycles. The molecule has 0 bridgehead atoms. The Bertz CT molecular complexity index is 365. The normalized spacial score (nSPS) is 12.7. The average Bonchev–Trinajstić information content (AvgIpc) is 2.60. The van der Waals surface area contributed by atoms with Crippen LogP contribution in [0.3, 0.4) is 0 Å². The molecule has 90 valence electrons. The molecule has 16 heavy (non-hydrogen) atoms. The second kappa shape index (κ2) is 5.91. The number of thioether (sulfide) groups is 1. The van der Waals surface area contributed by atoms with Crippen LogP contribution in [0.2, 0.25) is 0 Å². The largest absolute Gasteiger partial charge is 0.478 e. The lowest BCUT2D eigenvalue weighted by atomic mass is 10.2. The molecular formula is C10H16N2O3S. The van der Waals surface area contributed by atoms with E-state index in [2.05, 4.69) is 5.10 Å². The molecule has 1 aromatic heterocycles. The van der Waals surface area contributed by atoms with Gasteiger partial charge in [-0.3, -0.25) is 4.68 Å². The van der Waals surface area contributed by atoms with Gasteiger partial charge in [-0.15, -0.1) is 0 Å². The molecule has 1 heterocycles. The first kappa shape index (κ1) is 13.1. The van der Waals surface area contributed by atoms with Crippen molar-refractivity contribution in [1.82, 2.24) is 9.78 Å². The van der Waals surface area contributed by atoms with Crippen molar-refractivity contribution in [3.8, 4) is 0 Å². The van der Waals surface area contributed by atoms with Gasteiger partial charge < -0.3 is 10.2 Å². The number of aromatic carboxylic acids is 1. The minimum atomic E-state index is -0.945. The molecule has 2 N–H and O–H groups in total. The fourth-order valence-corrected chi connectivity index (χ4v) is 2.38. The first-order chi connectivity index (χ1) is 7.56. The van der Waals surface area contributed by atoms with Crippen LogP contribution in [-0.4, -0.2) is 38.3 Å². The third-order valence-electron chi connectivity index (χ3n) is 2.24. The predicted molar refractivity (Wildman–Crippen MR) is 62.6 cm³/mol. The maximum absolute atomic E-state index is 10.9. The first-order valence-corrected chi connectivity index (χ1v) is 6.14. The average molecular weight is 244 g/mol. The molecule has 0 saturated heterocycles. The molecule has 1 unspecified atom stereocenters. The molecule has 1 aromatic rings. The van der Waals surface area contributed by atoms with E-state index in [0.717, 1.165) is 5.75 Å². The van der Waals surface area contributed by atoms with Gasteiger partial charge >= 0.3 is 5.97 Å². The van der Waals surface area contributed by atoms with Gasteiger partial charge in [0, 0.05) is 19.4 Å². The quantitative estimate of drug-likeness (QED) is 0.780. The Morgan fingerprint density at radius 2 is 2.38 bits per heavy atom. The van der Waals surface area contributed by atoms with Crippen LogP contribution in [0, 0.1) is 5.92 Å². The van der Waals surface area contributed by atoms with E-state index >= 15 is 0 Å². The first-order valence-electron chi connectivity index (χ1n) is 4.99. The zero-order valence-corrected chi connectivity index (χ0v) is 10.2. The van der Waals surface area contributed by atoms with Gasteiger partial charge in [-0.05, 0) is 11.7 Å². The molecule has 0 radical (unpaired) electrons. The molecular weight excluding hydrogens is 228 g/mol. The van der Waals surface area contributed by atoms with Gasteiger partial charge in [0.1, 0.15) is 5.56 Å². The van der Waals surface area contributed by atoms with Gasteiger partial charge in [0.05, 0.1) is 11.9 Å². The Labute approximate surface area is 98.5 Å². The standard InChI is InChI=1S/C10H16N2O3S/c1-7(4-13)5-16-6-9-8(10(14)15)3-11-12(9)2/h3,7,13H,4-6H2,1-2H3,(H,14,15). The van der Waals surface area contributed by atoms with Crippen LogP contribution in [-0.2, 0) is 12.8 Å². The highest BCUT2D eigenvalue weighted by Crippen LogP contribution is 2.18. The van der Waals surface area contributed by atoms with Crippen LogP contribution in [0.5, 0.6) is 0 Å². The number of carboxylic acids is 1. The van der Waals surface area contributed by atoms with Gasteiger partial charge in [-0.25, -0.2) is 4.79 Å². The lowest BCUT2D eigenvalue weighted by Gasteiger charge is -2.07. The smallest absolute Gasteiger partial charge is 0.339 e. The molecule has 0 fully saturated rings. The Hall–Kier alpha value is -1.01. The molecule has 0 aromatic carbocycles. The van der Waals surface area contributed by atoms with Gasteiger partial charge in [0.25, 0.3) is 0 Å². The van der Waals surface area contributed by atoms with Crippen LogP contribution in [0.25, 0.3) is 0 Å². The summed E-state index contributed by atoms with van der Waals surface area (Å²) >= 11 is 1.61. The highest BCUT2D eigenvalue weighted by atomic mass is 32.2. The highest BCUT2D eigenvalue weighted by Gasteiger charge is 2.14. The Morgan fingerprint density at radius 3 is 2.94 bits per heavy atom. The fraction of sp³-hybridized carbons (Fsp3) is 0.600. The molecule has 5 nitrogen and oxygen atoms in total. The zero-order chi connectivity index (χ0) is 12.1. The second-order valence-corrected chi connectivity index (χ2v) is 4.77. The third kappa shape index (κ3) is 3.24. The Balaban J connectivity index is 2.59. The van der Waals surface area contributed by atoms with Crippen molar-refractivity contribution in [2.75, 3.05) is 12.4 Å². The minimum absolute atomic E-state index is 0.157. The zero-order valence-electron chi connectivity index (χ0n) is 9.38. The summed E-state index contributed by atoms with van der Waals surface area (Å²) in [5.74, 6) is 0.689. The predicted octanol–water partition coefficient (Wildman–Crippen LogP) is 0.980. The molecule has 0 aliphatic carbocycles. The molecule has 1 atom stereocenters. The number of aromatic nitrogens is 2. The van der Waals surface area contributed by atoms with E-state index in [0.29, 0.717) is 11.4 Å². The van der Waals surface area contributed by atoms with Crippen LogP contribution < -0.4 is 0 Å². The summed E-state index contributed by atoms with van der Waals surface area (Å²) in [6.07, 6.45) is 1.37. The van der Waals surface area contributed by atoms with Crippen molar-refractivity contribution in [1.29, 1.82) is 0 Å². The van der Waals surface area contributed by atoms with Crippen molar-refractivity contribution >= 4 is 17.7 Å². The van der Waals surface area contributed by atoms with Crippen molar-refractivity contribution in [2.45, 2.75) is 12.7 Å². The lowest BCUT2D eigenvalue weighted by molar-refractivity contribution is 0.0696. The molecule has 0 aliphatic rings. The number of aliphatic hydroxyl groups excluding tert-OH is 1. The van der Waals surface area contributed by atoms with E-state index in [1.807, 2.05) is 6.92 Å². The third-order valence-corrected chi connectivity index (χ3v) is 3.53. The summed E-state index contributed by atoms with van der Waals surface area (Å²) in [7, 11) is 1.73. The topological polar surface area (TPSA) is 75.3 Å². The summed E-state index contributed by atoms with van der Waals surface area (Å²) in [6.45, 7) is 2.11. The number of nitrogens with zero attached hydrogens (tertiary/aromatic N) is 2. The van der Waals surface area contributed by atoms with Crippen LogP contribution >= 0.6 is 11.8 Å². The SMILES string of the molecule is CC(CO)CSCc1c(C(=O)O)cnn1C. The lowest BCUT2D eigenvalue weighted by Crippen LogP contribution is -2.07.